The zero-order valence-corrected chi connectivity index (χ0v) is 15.5. The average Bonchev–Trinajstić information content (AvgIpc) is 3.05. The maximum absolute atomic E-state index is 14.9. The summed E-state index contributed by atoms with van der Waals surface area (Å²) < 4.78 is 27.5. The van der Waals surface area contributed by atoms with Crippen LogP contribution in [-0.2, 0) is 20.6 Å². The van der Waals surface area contributed by atoms with Crippen LogP contribution in [0, 0.1) is 0 Å². The Hall–Kier alpha value is -2.59. The average molecular weight is 374 g/mol. The number of rotatable bonds is 5. The van der Waals surface area contributed by atoms with Crippen molar-refractivity contribution in [3.63, 3.8) is 0 Å². The number of carbonyl (C=O) groups is 1. The van der Waals surface area contributed by atoms with Gasteiger partial charge in [0.2, 0.25) is 0 Å². The highest BCUT2D eigenvalue weighted by Gasteiger charge is 2.53. The first-order chi connectivity index (χ1) is 12.6. The second-order valence-corrected chi connectivity index (χ2v) is 7.23. The molecule has 1 N–H and O–H groups in total. The molecule has 2 aromatic rings. The van der Waals surface area contributed by atoms with E-state index in [0.29, 0.717) is 17.0 Å². The van der Waals surface area contributed by atoms with E-state index in [0.717, 1.165) is 0 Å². The summed E-state index contributed by atoms with van der Waals surface area (Å²) in [7, 11) is -1.16. The summed E-state index contributed by atoms with van der Waals surface area (Å²) in [4.78, 5) is 19.1. The molecule has 0 amide bonds. The minimum atomic E-state index is -1.16. The second kappa shape index (κ2) is 6.86. The van der Waals surface area contributed by atoms with Crippen LogP contribution in [0.4, 0.5) is 4.39 Å². The second-order valence-electron chi connectivity index (χ2n) is 7.23. The van der Waals surface area contributed by atoms with Crippen molar-refractivity contribution in [3.8, 4) is 11.4 Å². The Kier molecular flexibility index (Phi) is 4.87. The molecule has 142 valence electrons. The standard InChI is InChI=1S/C17H20BFN4O4/c1-16(2)17(3,4)27-18(26-16)13(19)7-11-9-23(10-14(24)25)22-15(11)12-8-20-5-6-21-12/h5-9H,10H2,1-4H3,(H,24,25). The Labute approximate surface area is 156 Å². The molecule has 0 unspecified atom stereocenters. The van der Waals surface area contributed by atoms with E-state index in [-0.39, 0.29) is 6.54 Å². The topological polar surface area (TPSA) is 99.4 Å². The molecule has 0 saturated carbocycles. The summed E-state index contributed by atoms with van der Waals surface area (Å²) in [5.74, 6) is -1.06. The van der Waals surface area contributed by atoms with E-state index in [1.54, 1.807) is 0 Å². The highest BCUT2D eigenvalue weighted by atomic mass is 19.1. The first kappa shape index (κ1) is 19.2. The van der Waals surface area contributed by atoms with Crippen LogP contribution in [-0.4, -0.2) is 49.1 Å². The predicted molar refractivity (Wildman–Crippen MR) is 96.1 cm³/mol. The molecule has 3 heterocycles. The molecule has 10 heteroatoms. The Morgan fingerprint density at radius 1 is 1.30 bits per heavy atom. The first-order valence-electron chi connectivity index (χ1n) is 8.37. The quantitative estimate of drug-likeness (QED) is 0.802. The molecule has 0 aliphatic carbocycles. The van der Waals surface area contributed by atoms with Crippen LogP contribution in [0.2, 0.25) is 0 Å². The highest BCUT2D eigenvalue weighted by molar-refractivity contribution is 6.54. The molecule has 0 aromatic carbocycles. The Bertz CT molecular complexity index is 866. The monoisotopic (exact) mass is 374 g/mol. The normalized spacial score (nSPS) is 18.7. The van der Waals surface area contributed by atoms with Crippen molar-refractivity contribution >= 4 is 19.2 Å². The van der Waals surface area contributed by atoms with E-state index in [2.05, 4.69) is 15.1 Å². The number of halogens is 1. The number of nitrogens with zero attached hydrogens (tertiary/aromatic N) is 4. The van der Waals surface area contributed by atoms with Crippen molar-refractivity contribution in [1.82, 2.24) is 19.7 Å². The van der Waals surface area contributed by atoms with E-state index in [4.69, 9.17) is 14.4 Å². The number of carboxylic acid groups (broad SMARTS) is 1. The molecule has 27 heavy (non-hydrogen) atoms. The van der Waals surface area contributed by atoms with Crippen LogP contribution in [0.15, 0.2) is 30.5 Å². The maximum atomic E-state index is 14.9. The lowest BCUT2D eigenvalue weighted by molar-refractivity contribution is -0.137. The molecule has 1 aliphatic rings. The third kappa shape index (κ3) is 3.91. The molecule has 1 fully saturated rings. The lowest BCUT2D eigenvalue weighted by atomic mass is 9.87. The minimum absolute atomic E-state index is 0.316. The molecular formula is C17H20BFN4O4. The smallest absolute Gasteiger partial charge is 0.480 e. The molecule has 1 aliphatic heterocycles. The molecule has 2 aromatic heterocycles. The van der Waals surface area contributed by atoms with Crippen LogP contribution in [0.5, 0.6) is 0 Å². The minimum Gasteiger partial charge on any atom is -0.480 e. The van der Waals surface area contributed by atoms with Crippen LogP contribution in [0.3, 0.4) is 0 Å². The fourth-order valence-electron chi connectivity index (χ4n) is 2.55. The Morgan fingerprint density at radius 2 is 1.96 bits per heavy atom. The molecule has 0 spiro atoms. The van der Waals surface area contributed by atoms with Gasteiger partial charge >= 0.3 is 13.1 Å². The number of hydrogen-bond acceptors (Lipinski definition) is 6. The van der Waals surface area contributed by atoms with Gasteiger partial charge in [-0.1, -0.05) is 0 Å². The van der Waals surface area contributed by atoms with Crippen molar-refractivity contribution in [1.29, 1.82) is 0 Å². The van der Waals surface area contributed by atoms with Gasteiger partial charge < -0.3 is 14.4 Å². The molecule has 8 nitrogen and oxygen atoms in total. The van der Waals surface area contributed by atoms with Gasteiger partial charge in [0.05, 0.1) is 17.4 Å². The van der Waals surface area contributed by atoms with Gasteiger partial charge in [-0.15, -0.1) is 0 Å². The van der Waals surface area contributed by atoms with Crippen molar-refractivity contribution in [2.75, 3.05) is 0 Å². The molecule has 0 bridgehead atoms. The molecule has 3 rings (SSSR count). The highest BCUT2D eigenvalue weighted by Crippen LogP contribution is 2.39. The van der Waals surface area contributed by atoms with Gasteiger partial charge in [0.1, 0.15) is 23.7 Å². The predicted octanol–water partition coefficient (Wildman–Crippen LogP) is 2.37. The van der Waals surface area contributed by atoms with Crippen LogP contribution in [0.25, 0.3) is 17.5 Å². The number of carboxylic acids is 1. The van der Waals surface area contributed by atoms with Gasteiger partial charge in [0, 0.05) is 24.2 Å². The van der Waals surface area contributed by atoms with Crippen molar-refractivity contribution in [2.24, 2.45) is 0 Å². The van der Waals surface area contributed by atoms with E-state index < -0.39 is 30.0 Å². The molecule has 0 radical (unpaired) electrons. The summed E-state index contributed by atoms with van der Waals surface area (Å²) in [6, 6.07) is 0. The van der Waals surface area contributed by atoms with Gasteiger partial charge in [-0.3, -0.25) is 19.4 Å². The summed E-state index contributed by atoms with van der Waals surface area (Å²) >= 11 is 0. The zero-order chi connectivity index (χ0) is 19.8. The SMILES string of the molecule is CC1(C)OB(C(F)=Cc2cn(CC(=O)O)nc2-c2cnccn2)OC1(C)C. The van der Waals surface area contributed by atoms with E-state index >= 15 is 0 Å². The summed E-state index contributed by atoms with van der Waals surface area (Å²) in [5.41, 5.74) is -0.933. The van der Waals surface area contributed by atoms with Crippen molar-refractivity contribution < 1.29 is 23.6 Å². The van der Waals surface area contributed by atoms with Crippen LogP contribution in [0.1, 0.15) is 33.3 Å². The molecule has 1 saturated heterocycles. The third-order valence-corrected chi connectivity index (χ3v) is 4.66. The van der Waals surface area contributed by atoms with E-state index in [1.165, 1.54) is 35.5 Å². The maximum Gasteiger partial charge on any atom is 0.525 e. The summed E-state index contributed by atoms with van der Waals surface area (Å²) in [5, 5.41) is 13.2. The van der Waals surface area contributed by atoms with Gasteiger partial charge in [-0.05, 0) is 33.8 Å². The molecular weight excluding hydrogens is 354 g/mol. The lowest BCUT2D eigenvalue weighted by Crippen LogP contribution is -2.41. The Morgan fingerprint density at radius 3 is 2.52 bits per heavy atom. The lowest BCUT2D eigenvalue weighted by Gasteiger charge is -2.32. The largest absolute Gasteiger partial charge is 0.525 e. The fourth-order valence-corrected chi connectivity index (χ4v) is 2.55. The number of hydrogen-bond donors (Lipinski definition) is 1. The van der Waals surface area contributed by atoms with E-state index in [9.17, 15) is 9.18 Å². The summed E-state index contributed by atoms with van der Waals surface area (Å²) in [6.07, 6.45) is 7.10. The van der Waals surface area contributed by atoms with Crippen molar-refractivity contribution in [3.05, 3.63) is 36.1 Å². The van der Waals surface area contributed by atoms with Gasteiger partial charge in [-0.2, -0.15) is 5.10 Å². The zero-order valence-electron chi connectivity index (χ0n) is 15.5. The number of aliphatic carboxylic acids is 1. The van der Waals surface area contributed by atoms with Gasteiger partial charge in [0.25, 0.3) is 0 Å². The van der Waals surface area contributed by atoms with Gasteiger partial charge in [-0.25, -0.2) is 4.39 Å². The number of aromatic nitrogens is 4. The van der Waals surface area contributed by atoms with Crippen molar-refractivity contribution in [2.45, 2.75) is 45.4 Å². The molecule has 0 atom stereocenters. The summed E-state index contributed by atoms with van der Waals surface area (Å²) in [6.45, 7) is 6.96. The first-order valence-corrected chi connectivity index (χ1v) is 8.37. The third-order valence-electron chi connectivity index (χ3n) is 4.66. The van der Waals surface area contributed by atoms with E-state index in [1.807, 2.05) is 27.7 Å². The van der Waals surface area contributed by atoms with Crippen LogP contribution >= 0.6 is 0 Å². The Balaban J connectivity index is 1.97. The van der Waals surface area contributed by atoms with Crippen LogP contribution < -0.4 is 0 Å². The van der Waals surface area contributed by atoms with Gasteiger partial charge in [0.15, 0.2) is 0 Å². The fraction of sp³-hybridized carbons (Fsp3) is 0.412.